The summed E-state index contributed by atoms with van der Waals surface area (Å²) in [6, 6.07) is 5.17. The van der Waals surface area contributed by atoms with E-state index in [1.807, 2.05) is 13.8 Å². The van der Waals surface area contributed by atoms with E-state index in [0.717, 1.165) is 5.56 Å². The molecule has 118 valence electrons. The molecular formula is C16H13Cl2N3O2. The first-order valence-corrected chi connectivity index (χ1v) is 7.70. The van der Waals surface area contributed by atoms with Gasteiger partial charge in [-0.2, -0.15) is 5.10 Å². The van der Waals surface area contributed by atoms with Gasteiger partial charge in [0.2, 0.25) is 0 Å². The number of carboxylic acids is 1. The van der Waals surface area contributed by atoms with Gasteiger partial charge in [-0.25, -0.2) is 14.3 Å². The number of rotatable bonds is 3. The minimum Gasteiger partial charge on any atom is -0.478 e. The van der Waals surface area contributed by atoms with Gasteiger partial charge in [0.15, 0.2) is 5.65 Å². The smallest absolute Gasteiger partial charge is 0.337 e. The third-order valence-corrected chi connectivity index (χ3v) is 3.97. The van der Waals surface area contributed by atoms with Gasteiger partial charge in [-0.3, -0.25) is 0 Å². The molecule has 0 unspecified atom stereocenters. The number of nitrogens with zero attached hydrogens (tertiary/aromatic N) is 3. The fourth-order valence-electron chi connectivity index (χ4n) is 2.59. The van der Waals surface area contributed by atoms with Crippen molar-refractivity contribution in [3.05, 3.63) is 51.8 Å². The summed E-state index contributed by atoms with van der Waals surface area (Å²) in [5.74, 6) is -1.02. The fraction of sp³-hybridized carbons (Fsp3) is 0.188. The van der Waals surface area contributed by atoms with E-state index in [1.165, 1.54) is 6.20 Å². The van der Waals surface area contributed by atoms with E-state index in [9.17, 15) is 9.90 Å². The Balaban J connectivity index is 2.30. The fourth-order valence-corrected chi connectivity index (χ4v) is 3.12. The third-order valence-electron chi connectivity index (χ3n) is 3.54. The lowest BCUT2D eigenvalue weighted by Crippen LogP contribution is -2.09. The largest absolute Gasteiger partial charge is 0.478 e. The van der Waals surface area contributed by atoms with Gasteiger partial charge in [-0.15, -0.1) is 0 Å². The van der Waals surface area contributed by atoms with Crippen LogP contribution < -0.4 is 0 Å². The Labute approximate surface area is 142 Å². The Hall–Kier alpha value is -2.11. The predicted octanol–water partition coefficient (Wildman–Crippen LogP) is 4.52. The van der Waals surface area contributed by atoms with Crippen molar-refractivity contribution in [3.63, 3.8) is 0 Å². The van der Waals surface area contributed by atoms with Crippen LogP contribution in [0.25, 0.3) is 16.9 Å². The van der Waals surface area contributed by atoms with Crippen molar-refractivity contribution < 1.29 is 9.90 Å². The molecule has 1 aromatic carbocycles. The van der Waals surface area contributed by atoms with Crippen LogP contribution in [0.5, 0.6) is 0 Å². The number of carbonyl (C=O) groups is 1. The third kappa shape index (κ3) is 2.78. The normalized spacial score (nSPS) is 11.3. The first-order valence-electron chi connectivity index (χ1n) is 6.95. The first kappa shape index (κ1) is 15.8. The number of aromatic carboxylic acids is 1. The van der Waals surface area contributed by atoms with Crippen LogP contribution in [0.2, 0.25) is 10.0 Å². The van der Waals surface area contributed by atoms with E-state index >= 15 is 0 Å². The topological polar surface area (TPSA) is 67.5 Å². The number of imidazole rings is 1. The second kappa shape index (κ2) is 5.83. The molecule has 0 aliphatic carbocycles. The van der Waals surface area contributed by atoms with Crippen LogP contribution in [0.4, 0.5) is 0 Å². The molecule has 7 heteroatoms. The Morgan fingerprint density at radius 1 is 1.17 bits per heavy atom. The molecule has 0 aliphatic heterocycles. The minimum atomic E-state index is -1.01. The highest BCUT2D eigenvalue weighted by Gasteiger charge is 2.20. The van der Waals surface area contributed by atoms with Crippen molar-refractivity contribution in [3.8, 4) is 11.3 Å². The minimum absolute atomic E-state index is 0.00945. The van der Waals surface area contributed by atoms with Gasteiger partial charge in [-0.1, -0.05) is 37.0 Å². The number of hydrogen-bond donors (Lipinski definition) is 1. The molecule has 5 nitrogen and oxygen atoms in total. The number of hydrogen-bond acceptors (Lipinski definition) is 3. The Bertz CT molecular complexity index is 899. The lowest BCUT2D eigenvalue weighted by Gasteiger charge is -2.11. The molecule has 0 bridgehead atoms. The van der Waals surface area contributed by atoms with Crippen molar-refractivity contribution in [2.24, 2.45) is 0 Å². The maximum Gasteiger partial charge on any atom is 0.337 e. The number of halogens is 2. The zero-order valence-corrected chi connectivity index (χ0v) is 13.9. The zero-order valence-electron chi connectivity index (χ0n) is 12.4. The summed E-state index contributed by atoms with van der Waals surface area (Å²) in [5, 5.41) is 14.6. The Morgan fingerprint density at radius 2 is 1.83 bits per heavy atom. The number of fused-ring (bicyclic) bond motifs is 1. The average molecular weight is 350 g/mol. The molecule has 23 heavy (non-hydrogen) atoms. The first-order chi connectivity index (χ1) is 10.9. The standard InChI is InChI=1S/C16H13Cl2N3O2/c1-8(2)14-12(16(22)23)6-20-21-13(7-19-15(14)21)9-3-10(17)5-11(18)4-9/h3-8H,1-2H3,(H,22,23). The van der Waals surface area contributed by atoms with Crippen molar-refractivity contribution in [1.82, 2.24) is 14.6 Å². The highest BCUT2D eigenvalue weighted by atomic mass is 35.5. The van der Waals surface area contributed by atoms with Crippen LogP contribution in [0, 0.1) is 0 Å². The summed E-state index contributed by atoms with van der Waals surface area (Å²) in [6.07, 6.45) is 2.99. The van der Waals surface area contributed by atoms with E-state index < -0.39 is 5.97 Å². The molecule has 2 heterocycles. The molecule has 2 aromatic heterocycles. The van der Waals surface area contributed by atoms with Gasteiger partial charge in [0, 0.05) is 21.2 Å². The molecule has 0 amide bonds. The highest BCUT2D eigenvalue weighted by molar-refractivity contribution is 6.35. The lowest BCUT2D eigenvalue weighted by atomic mass is 10.00. The molecule has 0 spiro atoms. The summed E-state index contributed by atoms with van der Waals surface area (Å²) in [7, 11) is 0. The second-order valence-electron chi connectivity index (χ2n) is 5.47. The maximum absolute atomic E-state index is 11.4. The molecule has 3 aromatic rings. The molecule has 0 saturated heterocycles. The Kier molecular flexibility index (Phi) is 4.00. The molecule has 1 N–H and O–H groups in total. The second-order valence-corrected chi connectivity index (χ2v) is 6.34. The van der Waals surface area contributed by atoms with Crippen LogP contribution in [0.15, 0.2) is 30.6 Å². The summed E-state index contributed by atoms with van der Waals surface area (Å²) >= 11 is 12.1. The maximum atomic E-state index is 11.4. The SMILES string of the molecule is CC(C)c1c(C(=O)O)cnn2c(-c3cc(Cl)cc(Cl)c3)cnc12. The molecule has 0 radical (unpaired) electrons. The molecule has 0 saturated carbocycles. The number of aromatic nitrogens is 3. The average Bonchev–Trinajstić information content (AvgIpc) is 2.88. The van der Waals surface area contributed by atoms with Crippen molar-refractivity contribution in [1.29, 1.82) is 0 Å². The molecule has 0 fully saturated rings. The summed E-state index contributed by atoms with van der Waals surface area (Å²) < 4.78 is 1.61. The van der Waals surface area contributed by atoms with E-state index in [1.54, 1.807) is 28.9 Å². The van der Waals surface area contributed by atoms with Crippen LogP contribution in [-0.2, 0) is 0 Å². The molecule has 0 aliphatic rings. The van der Waals surface area contributed by atoms with Crippen molar-refractivity contribution in [2.75, 3.05) is 0 Å². The summed E-state index contributed by atoms with van der Waals surface area (Å²) in [4.78, 5) is 15.8. The van der Waals surface area contributed by atoms with E-state index in [4.69, 9.17) is 23.2 Å². The van der Waals surface area contributed by atoms with Gasteiger partial charge in [0.05, 0.1) is 23.7 Å². The van der Waals surface area contributed by atoms with Crippen LogP contribution in [0.1, 0.15) is 35.7 Å². The summed E-state index contributed by atoms with van der Waals surface area (Å²) in [6.45, 7) is 3.85. The van der Waals surface area contributed by atoms with Gasteiger partial charge in [-0.05, 0) is 24.1 Å². The highest BCUT2D eigenvalue weighted by Crippen LogP contribution is 2.30. The predicted molar refractivity (Wildman–Crippen MR) is 89.5 cm³/mol. The van der Waals surface area contributed by atoms with Crippen molar-refractivity contribution >= 4 is 34.8 Å². The van der Waals surface area contributed by atoms with Gasteiger partial charge < -0.3 is 5.11 Å². The molecular weight excluding hydrogens is 337 g/mol. The molecule has 3 rings (SSSR count). The quantitative estimate of drug-likeness (QED) is 0.754. The van der Waals surface area contributed by atoms with E-state index in [2.05, 4.69) is 10.1 Å². The van der Waals surface area contributed by atoms with Crippen LogP contribution >= 0.6 is 23.2 Å². The van der Waals surface area contributed by atoms with Crippen LogP contribution in [0.3, 0.4) is 0 Å². The van der Waals surface area contributed by atoms with Crippen LogP contribution in [-0.4, -0.2) is 25.7 Å². The zero-order chi connectivity index (χ0) is 16.7. The van der Waals surface area contributed by atoms with Gasteiger partial charge in [0.25, 0.3) is 0 Å². The molecule has 0 atom stereocenters. The number of carboxylic acid groups (broad SMARTS) is 1. The summed E-state index contributed by atoms with van der Waals surface area (Å²) in [5.41, 5.74) is 2.79. The number of benzene rings is 1. The van der Waals surface area contributed by atoms with E-state index in [0.29, 0.717) is 26.9 Å². The van der Waals surface area contributed by atoms with Crippen molar-refractivity contribution in [2.45, 2.75) is 19.8 Å². The van der Waals surface area contributed by atoms with E-state index in [-0.39, 0.29) is 11.5 Å². The Morgan fingerprint density at radius 3 is 2.39 bits per heavy atom. The van der Waals surface area contributed by atoms with Gasteiger partial charge in [0.1, 0.15) is 0 Å². The van der Waals surface area contributed by atoms with Gasteiger partial charge >= 0.3 is 5.97 Å². The monoisotopic (exact) mass is 349 g/mol. The lowest BCUT2D eigenvalue weighted by molar-refractivity contribution is 0.0694.